The summed E-state index contributed by atoms with van der Waals surface area (Å²) in [6.07, 6.45) is 0. The van der Waals surface area contributed by atoms with E-state index in [0.717, 1.165) is 4.90 Å². The van der Waals surface area contributed by atoms with Crippen molar-refractivity contribution in [2.24, 2.45) is 0 Å². The van der Waals surface area contributed by atoms with Crippen molar-refractivity contribution in [2.45, 2.75) is 19.4 Å². The maximum absolute atomic E-state index is 13.8. The molecule has 0 aliphatic carbocycles. The van der Waals surface area contributed by atoms with E-state index in [4.69, 9.17) is 11.6 Å². The van der Waals surface area contributed by atoms with Crippen LogP contribution >= 0.6 is 11.6 Å². The number of quaternary nitrogens is 1. The lowest BCUT2D eigenvalue weighted by Gasteiger charge is -2.17. The minimum atomic E-state index is -0.333. The summed E-state index contributed by atoms with van der Waals surface area (Å²) in [5.41, 5.74) is 1.64. The maximum Gasteiger partial charge on any atom is 0.275 e. The van der Waals surface area contributed by atoms with Crippen molar-refractivity contribution in [3.05, 3.63) is 70.5 Å². The molecule has 0 spiro atoms. The van der Waals surface area contributed by atoms with Crippen LogP contribution in [0.25, 0.3) is 0 Å². The monoisotopic (exact) mass is 349 g/mol. The summed E-state index contributed by atoms with van der Waals surface area (Å²) in [6.45, 7) is 3.29. The first kappa shape index (κ1) is 18.4. The number of benzene rings is 2. The molecule has 1 unspecified atom stereocenters. The van der Waals surface area contributed by atoms with E-state index in [9.17, 15) is 9.18 Å². The van der Waals surface area contributed by atoms with Crippen LogP contribution in [0.4, 0.5) is 4.39 Å². The van der Waals surface area contributed by atoms with Crippen molar-refractivity contribution in [1.29, 1.82) is 0 Å². The van der Waals surface area contributed by atoms with E-state index in [-0.39, 0.29) is 24.2 Å². The van der Waals surface area contributed by atoms with Crippen molar-refractivity contribution < 1.29 is 14.1 Å². The average Bonchev–Trinajstić information content (AvgIpc) is 2.57. The summed E-state index contributed by atoms with van der Waals surface area (Å²) in [7, 11) is 1.85. The topological polar surface area (TPSA) is 33.5 Å². The predicted octanol–water partition coefficient (Wildman–Crippen LogP) is 2.41. The summed E-state index contributed by atoms with van der Waals surface area (Å²) in [4.78, 5) is 13.0. The van der Waals surface area contributed by atoms with Gasteiger partial charge in [-0.15, -0.1) is 0 Å². The van der Waals surface area contributed by atoms with Gasteiger partial charge in [-0.05, 0) is 23.6 Å². The molecular formula is C19H23ClFN2O+. The van der Waals surface area contributed by atoms with Crippen LogP contribution < -0.4 is 10.2 Å². The van der Waals surface area contributed by atoms with E-state index >= 15 is 0 Å². The zero-order chi connectivity index (χ0) is 17.5. The first-order valence-corrected chi connectivity index (χ1v) is 8.41. The van der Waals surface area contributed by atoms with Crippen molar-refractivity contribution in [1.82, 2.24) is 5.32 Å². The molecule has 0 saturated heterocycles. The first-order valence-electron chi connectivity index (χ1n) is 8.03. The number of carbonyl (C=O) groups is 1. The largest absolute Gasteiger partial charge is 0.351 e. The third-order valence-corrected chi connectivity index (χ3v) is 4.33. The molecular weight excluding hydrogens is 327 g/mol. The summed E-state index contributed by atoms with van der Waals surface area (Å²) >= 11 is 6.03. The molecule has 0 bridgehead atoms. The van der Waals surface area contributed by atoms with Gasteiger partial charge in [-0.2, -0.15) is 0 Å². The number of likely N-dealkylation sites (N-methyl/N-ethyl adjacent to an activating group) is 1. The Hall–Kier alpha value is -1.91. The quantitative estimate of drug-likeness (QED) is 0.790. The van der Waals surface area contributed by atoms with Crippen LogP contribution in [-0.2, 0) is 11.3 Å². The molecule has 128 valence electrons. The van der Waals surface area contributed by atoms with E-state index in [1.165, 1.54) is 11.6 Å². The maximum atomic E-state index is 13.8. The SMILES string of the molecule is C[C@@H](CNC(=O)C[NH+](C)Cc1c(F)cccc1Cl)c1ccccc1. The molecule has 3 nitrogen and oxygen atoms in total. The third kappa shape index (κ3) is 5.32. The Bertz CT molecular complexity index is 658. The number of amides is 1. The van der Waals surface area contributed by atoms with Crippen LogP contribution in [0.2, 0.25) is 5.02 Å². The van der Waals surface area contributed by atoms with Gasteiger partial charge in [-0.3, -0.25) is 4.79 Å². The number of carbonyl (C=O) groups excluding carboxylic acids is 1. The standard InChI is InChI=1S/C19H22ClFN2O/c1-14(15-7-4-3-5-8-15)11-22-19(24)13-23(2)12-16-17(20)9-6-10-18(16)21/h3-10,14H,11-13H2,1-2H3,(H,22,24)/p+1/t14-/m0/s1. The summed E-state index contributed by atoms with van der Waals surface area (Å²) in [5.74, 6) is -0.140. The smallest absolute Gasteiger partial charge is 0.275 e. The molecule has 2 atom stereocenters. The van der Waals surface area contributed by atoms with Gasteiger partial charge in [-0.1, -0.05) is 54.9 Å². The lowest BCUT2D eigenvalue weighted by molar-refractivity contribution is -0.885. The molecule has 2 aromatic carbocycles. The number of halogens is 2. The second kappa shape index (κ2) is 8.81. The van der Waals surface area contributed by atoms with E-state index < -0.39 is 0 Å². The first-order chi connectivity index (χ1) is 11.5. The number of rotatable bonds is 7. The Morgan fingerprint density at radius 1 is 1.21 bits per heavy atom. The molecule has 0 radical (unpaired) electrons. The Balaban J connectivity index is 1.82. The molecule has 0 aliphatic rings. The highest BCUT2D eigenvalue weighted by atomic mass is 35.5. The van der Waals surface area contributed by atoms with E-state index in [2.05, 4.69) is 12.2 Å². The lowest BCUT2D eigenvalue weighted by Crippen LogP contribution is -3.09. The highest BCUT2D eigenvalue weighted by Gasteiger charge is 2.16. The normalized spacial score (nSPS) is 13.3. The van der Waals surface area contributed by atoms with Crippen LogP contribution in [0.5, 0.6) is 0 Å². The molecule has 1 amide bonds. The Labute approximate surface area is 147 Å². The van der Waals surface area contributed by atoms with Crippen LogP contribution in [0, 0.1) is 5.82 Å². The Kier molecular flexibility index (Phi) is 6.76. The molecule has 2 aromatic rings. The molecule has 2 rings (SSSR count). The van der Waals surface area contributed by atoms with Crippen LogP contribution in [0.3, 0.4) is 0 Å². The molecule has 5 heteroatoms. The zero-order valence-corrected chi connectivity index (χ0v) is 14.7. The van der Waals surface area contributed by atoms with Crippen LogP contribution in [0.15, 0.2) is 48.5 Å². The van der Waals surface area contributed by atoms with Crippen molar-refractivity contribution in [3.8, 4) is 0 Å². The van der Waals surface area contributed by atoms with E-state index in [1.807, 2.05) is 37.4 Å². The molecule has 2 N–H and O–H groups in total. The fraction of sp³-hybridized carbons (Fsp3) is 0.316. The molecule has 0 heterocycles. The van der Waals surface area contributed by atoms with Gasteiger partial charge in [0.05, 0.1) is 17.6 Å². The highest BCUT2D eigenvalue weighted by Crippen LogP contribution is 2.17. The number of hydrogen-bond acceptors (Lipinski definition) is 1. The minimum absolute atomic E-state index is 0.0530. The second-order valence-electron chi connectivity index (χ2n) is 6.13. The van der Waals surface area contributed by atoms with Gasteiger partial charge >= 0.3 is 0 Å². The number of nitrogens with one attached hydrogen (secondary N) is 2. The van der Waals surface area contributed by atoms with Gasteiger partial charge in [0, 0.05) is 6.54 Å². The second-order valence-corrected chi connectivity index (χ2v) is 6.53. The van der Waals surface area contributed by atoms with Crippen molar-refractivity contribution >= 4 is 17.5 Å². The zero-order valence-electron chi connectivity index (χ0n) is 14.0. The van der Waals surface area contributed by atoms with Crippen LogP contribution in [0.1, 0.15) is 24.0 Å². The van der Waals surface area contributed by atoms with Gasteiger partial charge in [0.25, 0.3) is 5.91 Å². The lowest BCUT2D eigenvalue weighted by atomic mass is 10.0. The Morgan fingerprint density at radius 3 is 2.58 bits per heavy atom. The van der Waals surface area contributed by atoms with E-state index in [1.54, 1.807) is 12.1 Å². The van der Waals surface area contributed by atoms with Gasteiger partial charge in [0.1, 0.15) is 12.4 Å². The van der Waals surface area contributed by atoms with E-state index in [0.29, 0.717) is 23.7 Å². The summed E-state index contributed by atoms with van der Waals surface area (Å²) in [5, 5.41) is 3.34. The molecule has 0 saturated carbocycles. The van der Waals surface area contributed by atoms with Gasteiger partial charge in [0.2, 0.25) is 0 Å². The fourth-order valence-corrected chi connectivity index (χ4v) is 2.80. The van der Waals surface area contributed by atoms with Gasteiger partial charge < -0.3 is 10.2 Å². The summed E-state index contributed by atoms with van der Waals surface area (Å²) in [6, 6.07) is 14.7. The van der Waals surface area contributed by atoms with Gasteiger partial charge in [0.15, 0.2) is 6.54 Å². The molecule has 0 fully saturated rings. The Morgan fingerprint density at radius 2 is 1.92 bits per heavy atom. The fourth-order valence-electron chi connectivity index (χ4n) is 2.57. The third-order valence-electron chi connectivity index (χ3n) is 3.98. The number of hydrogen-bond donors (Lipinski definition) is 2. The highest BCUT2D eigenvalue weighted by molar-refractivity contribution is 6.31. The molecule has 0 aromatic heterocycles. The average molecular weight is 350 g/mol. The molecule has 24 heavy (non-hydrogen) atoms. The van der Waals surface area contributed by atoms with Gasteiger partial charge in [-0.25, -0.2) is 4.39 Å². The van der Waals surface area contributed by atoms with Crippen LogP contribution in [-0.4, -0.2) is 26.0 Å². The predicted molar refractivity (Wildman–Crippen MR) is 94.7 cm³/mol. The molecule has 0 aliphatic heterocycles. The van der Waals surface area contributed by atoms with Crippen molar-refractivity contribution in [3.63, 3.8) is 0 Å². The summed E-state index contributed by atoms with van der Waals surface area (Å²) < 4.78 is 13.8. The van der Waals surface area contributed by atoms with Crippen molar-refractivity contribution in [2.75, 3.05) is 20.1 Å². The minimum Gasteiger partial charge on any atom is -0.351 e.